The number of pyridine rings is 1. The normalized spacial score (nSPS) is 10.7. The number of ether oxygens (including phenoxy) is 1. The topological polar surface area (TPSA) is 87.1 Å². The molecule has 2 N–H and O–H groups in total. The van der Waals surface area contributed by atoms with E-state index < -0.39 is 0 Å². The maximum Gasteiger partial charge on any atom is 0.226 e. The maximum absolute atomic E-state index is 5.69. The monoisotopic (exact) mass is 262 g/mol. The van der Waals surface area contributed by atoms with E-state index in [0.717, 1.165) is 23.6 Å². The Labute approximate surface area is 112 Å². The minimum atomic E-state index is 0.270. The van der Waals surface area contributed by atoms with Gasteiger partial charge in [-0.2, -0.15) is 4.98 Å². The van der Waals surface area contributed by atoms with Gasteiger partial charge >= 0.3 is 0 Å². The van der Waals surface area contributed by atoms with Gasteiger partial charge in [0.15, 0.2) is 6.61 Å². The van der Waals surface area contributed by atoms with Crippen LogP contribution in [0.4, 0.5) is 0 Å². The second kappa shape index (κ2) is 6.29. The Morgan fingerprint density at radius 3 is 2.84 bits per heavy atom. The first-order valence-corrected chi connectivity index (χ1v) is 6.33. The molecule has 0 spiro atoms. The van der Waals surface area contributed by atoms with Gasteiger partial charge in [0.1, 0.15) is 5.75 Å². The molecule has 6 heteroatoms. The molecule has 0 bridgehead atoms. The lowest BCUT2D eigenvalue weighted by molar-refractivity contribution is 0.281. The van der Waals surface area contributed by atoms with Crippen LogP contribution in [0.25, 0.3) is 0 Å². The zero-order valence-corrected chi connectivity index (χ0v) is 11.2. The molecule has 0 radical (unpaired) electrons. The van der Waals surface area contributed by atoms with E-state index in [2.05, 4.69) is 15.1 Å². The van der Waals surface area contributed by atoms with Crippen molar-refractivity contribution in [2.24, 2.45) is 5.73 Å². The van der Waals surface area contributed by atoms with E-state index in [1.807, 2.05) is 26.0 Å². The SMILES string of the molecule is CCc1nc(COc2ccc(C)nc2CCN)no1. The van der Waals surface area contributed by atoms with Gasteiger partial charge in [-0.3, -0.25) is 4.98 Å². The fourth-order valence-electron chi connectivity index (χ4n) is 1.68. The smallest absolute Gasteiger partial charge is 0.226 e. The largest absolute Gasteiger partial charge is 0.484 e. The predicted molar refractivity (Wildman–Crippen MR) is 69.7 cm³/mol. The van der Waals surface area contributed by atoms with Gasteiger partial charge in [-0.05, 0) is 25.6 Å². The minimum Gasteiger partial charge on any atom is -0.484 e. The van der Waals surface area contributed by atoms with Crippen LogP contribution in [0, 0.1) is 6.92 Å². The second-order valence-electron chi connectivity index (χ2n) is 4.18. The molecule has 0 saturated carbocycles. The first kappa shape index (κ1) is 13.5. The summed E-state index contributed by atoms with van der Waals surface area (Å²) in [7, 11) is 0. The molecule has 0 aromatic carbocycles. The van der Waals surface area contributed by atoms with Crippen LogP contribution in [-0.4, -0.2) is 21.7 Å². The second-order valence-corrected chi connectivity index (χ2v) is 4.18. The van der Waals surface area contributed by atoms with Crippen molar-refractivity contribution in [2.75, 3.05) is 6.54 Å². The zero-order valence-electron chi connectivity index (χ0n) is 11.2. The molecular formula is C13H18N4O2. The molecule has 2 heterocycles. The van der Waals surface area contributed by atoms with Crippen molar-refractivity contribution in [2.45, 2.75) is 33.3 Å². The van der Waals surface area contributed by atoms with Gasteiger partial charge in [-0.15, -0.1) is 0 Å². The molecule has 6 nitrogen and oxygen atoms in total. The summed E-state index contributed by atoms with van der Waals surface area (Å²) < 4.78 is 10.7. The molecule has 0 fully saturated rings. The van der Waals surface area contributed by atoms with Crippen molar-refractivity contribution in [3.63, 3.8) is 0 Å². The number of hydrogen-bond donors (Lipinski definition) is 1. The van der Waals surface area contributed by atoms with Crippen molar-refractivity contribution >= 4 is 0 Å². The highest BCUT2D eigenvalue weighted by molar-refractivity contribution is 5.29. The molecule has 0 atom stereocenters. The molecular weight excluding hydrogens is 244 g/mol. The van der Waals surface area contributed by atoms with E-state index in [-0.39, 0.29) is 6.61 Å². The molecule has 0 amide bonds. The van der Waals surface area contributed by atoms with Gasteiger partial charge in [0, 0.05) is 18.5 Å². The standard InChI is InChI=1S/C13H18N4O2/c1-3-13-16-12(17-19-13)8-18-11-5-4-9(2)15-10(11)6-7-14/h4-5H,3,6-8,14H2,1-2H3. The Kier molecular flexibility index (Phi) is 4.46. The summed E-state index contributed by atoms with van der Waals surface area (Å²) in [6.07, 6.45) is 1.40. The zero-order chi connectivity index (χ0) is 13.7. The number of aromatic nitrogens is 3. The lowest BCUT2D eigenvalue weighted by atomic mass is 10.2. The molecule has 0 aliphatic heterocycles. The summed E-state index contributed by atoms with van der Waals surface area (Å²) in [4.78, 5) is 8.62. The van der Waals surface area contributed by atoms with E-state index in [4.69, 9.17) is 15.0 Å². The first-order chi connectivity index (χ1) is 9.22. The van der Waals surface area contributed by atoms with E-state index in [1.54, 1.807) is 0 Å². The van der Waals surface area contributed by atoms with Crippen molar-refractivity contribution in [1.29, 1.82) is 0 Å². The summed E-state index contributed by atoms with van der Waals surface area (Å²) in [5.41, 5.74) is 7.38. The molecule has 0 aliphatic carbocycles. The van der Waals surface area contributed by atoms with Crippen LogP contribution in [-0.2, 0) is 19.4 Å². The van der Waals surface area contributed by atoms with Gasteiger partial charge < -0.3 is 15.0 Å². The van der Waals surface area contributed by atoms with Crippen LogP contribution in [0.2, 0.25) is 0 Å². The van der Waals surface area contributed by atoms with Crippen molar-refractivity contribution in [3.05, 3.63) is 35.2 Å². The molecule has 0 unspecified atom stereocenters. The number of rotatable bonds is 6. The lowest BCUT2D eigenvalue weighted by Gasteiger charge is -2.09. The van der Waals surface area contributed by atoms with Crippen molar-refractivity contribution in [1.82, 2.24) is 15.1 Å². The quantitative estimate of drug-likeness (QED) is 0.847. The molecule has 2 rings (SSSR count). The molecule has 2 aromatic rings. The van der Waals surface area contributed by atoms with Crippen LogP contribution in [0.1, 0.15) is 30.0 Å². The Balaban J connectivity index is 2.05. The van der Waals surface area contributed by atoms with Crippen LogP contribution < -0.4 is 10.5 Å². The Bertz CT molecular complexity index is 539. The third kappa shape index (κ3) is 3.51. The average Bonchev–Trinajstić information content (AvgIpc) is 2.86. The number of aryl methyl sites for hydroxylation is 2. The summed E-state index contributed by atoms with van der Waals surface area (Å²) in [5.74, 6) is 1.87. The van der Waals surface area contributed by atoms with E-state index in [9.17, 15) is 0 Å². The van der Waals surface area contributed by atoms with Gasteiger partial charge in [-0.25, -0.2) is 0 Å². The van der Waals surface area contributed by atoms with E-state index >= 15 is 0 Å². The Morgan fingerprint density at radius 1 is 1.32 bits per heavy atom. The highest BCUT2D eigenvalue weighted by Gasteiger charge is 2.09. The summed E-state index contributed by atoms with van der Waals surface area (Å²) in [5, 5.41) is 3.84. The van der Waals surface area contributed by atoms with E-state index in [1.165, 1.54) is 0 Å². The number of nitrogens with two attached hydrogens (primary N) is 1. The van der Waals surface area contributed by atoms with Crippen molar-refractivity contribution < 1.29 is 9.26 Å². The predicted octanol–water partition coefficient (Wildman–Crippen LogP) is 1.42. The summed E-state index contributed by atoms with van der Waals surface area (Å²) in [6.45, 7) is 4.71. The van der Waals surface area contributed by atoms with Crippen LogP contribution >= 0.6 is 0 Å². The van der Waals surface area contributed by atoms with Gasteiger partial charge in [0.05, 0.1) is 5.69 Å². The average molecular weight is 262 g/mol. The van der Waals surface area contributed by atoms with Gasteiger partial charge in [0.25, 0.3) is 0 Å². The fourth-order valence-corrected chi connectivity index (χ4v) is 1.68. The lowest BCUT2D eigenvalue weighted by Crippen LogP contribution is -2.08. The van der Waals surface area contributed by atoms with Crippen LogP contribution in [0.3, 0.4) is 0 Å². The Morgan fingerprint density at radius 2 is 2.16 bits per heavy atom. The minimum absolute atomic E-state index is 0.270. The highest BCUT2D eigenvalue weighted by atomic mass is 16.5. The van der Waals surface area contributed by atoms with Crippen LogP contribution in [0.15, 0.2) is 16.7 Å². The molecule has 19 heavy (non-hydrogen) atoms. The van der Waals surface area contributed by atoms with Crippen LogP contribution in [0.5, 0.6) is 5.75 Å². The Hall–Kier alpha value is -1.95. The maximum atomic E-state index is 5.69. The number of hydrogen-bond acceptors (Lipinski definition) is 6. The number of nitrogens with zero attached hydrogens (tertiary/aromatic N) is 3. The van der Waals surface area contributed by atoms with Crippen molar-refractivity contribution in [3.8, 4) is 5.75 Å². The molecule has 2 aromatic heterocycles. The molecule has 0 aliphatic rings. The van der Waals surface area contributed by atoms with E-state index in [0.29, 0.717) is 24.7 Å². The highest BCUT2D eigenvalue weighted by Crippen LogP contribution is 2.18. The third-order valence-electron chi connectivity index (χ3n) is 2.62. The van der Waals surface area contributed by atoms with Gasteiger partial charge in [-0.1, -0.05) is 12.1 Å². The molecule has 0 saturated heterocycles. The van der Waals surface area contributed by atoms with Gasteiger partial charge in [0.2, 0.25) is 11.7 Å². The summed E-state index contributed by atoms with van der Waals surface area (Å²) in [6, 6.07) is 3.80. The third-order valence-corrected chi connectivity index (χ3v) is 2.62. The fraction of sp³-hybridized carbons (Fsp3) is 0.462. The molecule has 102 valence electrons. The summed E-state index contributed by atoms with van der Waals surface area (Å²) >= 11 is 0. The first-order valence-electron chi connectivity index (χ1n) is 6.33.